The van der Waals surface area contributed by atoms with Crippen LogP contribution < -0.4 is 10.6 Å². The van der Waals surface area contributed by atoms with E-state index < -0.39 is 0 Å². The summed E-state index contributed by atoms with van der Waals surface area (Å²) >= 11 is 0. The Morgan fingerprint density at radius 1 is 1.00 bits per heavy atom. The van der Waals surface area contributed by atoms with Crippen LogP contribution >= 0.6 is 0 Å². The Bertz CT molecular complexity index is 630. The first kappa shape index (κ1) is 14.5. The first-order valence-electron chi connectivity index (χ1n) is 6.89. The number of rotatable bonds is 3. The van der Waals surface area contributed by atoms with Crippen molar-refractivity contribution in [1.29, 1.82) is 0 Å². The summed E-state index contributed by atoms with van der Waals surface area (Å²) in [5, 5.41) is 0. The van der Waals surface area contributed by atoms with E-state index in [1.165, 1.54) is 27.8 Å². The lowest BCUT2D eigenvalue weighted by Gasteiger charge is -2.20. The molecule has 20 heavy (non-hydrogen) atoms. The van der Waals surface area contributed by atoms with Gasteiger partial charge >= 0.3 is 0 Å². The van der Waals surface area contributed by atoms with Gasteiger partial charge in [0.1, 0.15) is 5.82 Å². The largest absolute Gasteiger partial charge is 0.362 e. The van der Waals surface area contributed by atoms with Crippen LogP contribution in [-0.2, 0) is 6.54 Å². The van der Waals surface area contributed by atoms with Gasteiger partial charge in [0, 0.05) is 32.4 Å². The van der Waals surface area contributed by atoms with Gasteiger partial charge in [0.25, 0.3) is 0 Å². The molecule has 3 nitrogen and oxygen atoms in total. The van der Waals surface area contributed by atoms with Crippen LogP contribution in [0.5, 0.6) is 0 Å². The second-order valence-corrected chi connectivity index (χ2v) is 5.44. The van der Waals surface area contributed by atoms with E-state index in [4.69, 9.17) is 5.73 Å². The van der Waals surface area contributed by atoms with Crippen molar-refractivity contribution < 1.29 is 0 Å². The second-order valence-electron chi connectivity index (χ2n) is 5.44. The molecule has 0 aliphatic rings. The summed E-state index contributed by atoms with van der Waals surface area (Å²) < 4.78 is 0. The fourth-order valence-corrected chi connectivity index (χ4v) is 2.57. The third-order valence-corrected chi connectivity index (χ3v) is 4.01. The van der Waals surface area contributed by atoms with E-state index in [2.05, 4.69) is 44.0 Å². The number of hydrogen-bond acceptors (Lipinski definition) is 3. The monoisotopic (exact) mass is 269 g/mol. The van der Waals surface area contributed by atoms with Crippen molar-refractivity contribution in [3.05, 3.63) is 46.6 Å². The van der Waals surface area contributed by atoms with Crippen LogP contribution in [0.4, 0.5) is 5.82 Å². The summed E-state index contributed by atoms with van der Waals surface area (Å²) in [6.45, 7) is 6.98. The standard InChI is InChI=1S/C17H23N3/c1-11-6-7-14(13(3)12(11)2)15-8-9-19-17(20(4)5)16(15)10-18/h6-9H,10,18H2,1-5H3. The molecule has 0 saturated heterocycles. The van der Waals surface area contributed by atoms with Crippen LogP contribution in [0.2, 0.25) is 0 Å². The van der Waals surface area contributed by atoms with Crippen LogP contribution in [0.15, 0.2) is 24.4 Å². The van der Waals surface area contributed by atoms with Crippen molar-refractivity contribution >= 4 is 5.82 Å². The highest BCUT2D eigenvalue weighted by atomic mass is 15.1. The SMILES string of the molecule is Cc1ccc(-c2ccnc(N(C)C)c2CN)c(C)c1C. The van der Waals surface area contributed by atoms with E-state index in [0.29, 0.717) is 6.54 Å². The van der Waals surface area contributed by atoms with E-state index >= 15 is 0 Å². The van der Waals surface area contributed by atoms with Crippen LogP contribution in [-0.4, -0.2) is 19.1 Å². The van der Waals surface area contributed by atoms with Crippen molar-refractivity contribution in [1.82, 2.24) is 4.98 Å². The molecule has 0 radical (unpaired) electrons. The van der Waals surface area contributed by atoms with Gasteiger partial charge in [0.05, 0.1) is 0 Å². The molecule has 2 rings (SSSR count). The molecule has 0 aliphatic carbocycles. The lowest BCUT2D eigenvalue weighted by molar-refractivity contribution is 0.987. The zero-order chi connectivity index (χ0) is 14.9. The third kappa shape index (κ3) is 2.41. The van der Waals surface area contributed by atoms with E-state index in [1.54, 1.807) is 0 Å². The Kier molecular flexibility index (Phi) is 4.09. The Hall–Kier alpha value is -1.87. The average Bonchev–Trinajstić information content (AvgIpc) is 2.44. The molecular formula is C17H23N3. The zero-order valence-electron chi connectivity index (χ0n) is 13.0. The minimum Gasteiger partial charge on any atom is -0.362 e. The first-order valence-corrected chi connectivity index (χ1v) is 6.89. The Morgan fingerprint density at radius 3 is 2.30 bits per heavy atom. The lowest BCUT2D eigenvalue weighted by Crippen LogP contribution is -2.16. The molecule has 0 bridgehead atoms. The number of anilines is 1. The maximum Gasteiger partial charge on any atom is 0.133 e. The van der Waals surface area contributed by atoms with Gasteiger partial charge < -0.3 is 10.6 Å². The maximum absolute atomic E-state index is 5.98. The fourth-order valence-electron chi connectivity index (χ4n) is 2.57. The smallest absolute Gasteiger partial charge is 0.133 e. The molecule has 0 aliphatic heterocycles. The maximum atomic E-state index is 5.98. The Morgan fingerprint density at radius 2 is 1.70 bits per heavy atom. The molecule has 3 heteroatoms. The molecule has 0 saturated carbocycles. The van der Waals surface area contributed by atoms with E-state index in [-0.39, 0.29) is 0 Å². The molecule has 0 unspecified atom stereocenters. The van der Waals surface area contributed by atoms with Crippen LogP contribution in [0, 0.1) is 20.8 Å². The molecule has 0 spiro atoms. The molecule has 1 aromatic carbocycles. The summed E-state index contributed by atoms with van der Waals surface area (Å²) in [5.74, 6) is 0.947. The number of nitrogens with zero attached hydrogens (tertiary/aromatic N) is 2. The highest BCUT2D eigenvalue weighted by Crippen LogP contribution is 2.32. The summed E-state index contributed by atoms with van der Waals surface area (Å²) in [5.41, 5.74) is 13.5. The third-order valence-electron chi connectivity index (χ3n) is 4.01. The molecule has 2 N–H and O–H groups in total. The van der Waals surface area contributed by atoms with Gasteiger partial charge in [-0.25, -0.2) is 4.98 Å². The molecule has 0 amide bonds. The molecule has 0 fully saturated rings. The van der Waals surface area contributed by atoms with E-state index in [1.807, 2.05) is 25.2 Å². The Labute approximate surface area is 121 Å². The Balaban J connectivity index is 2.70. The number of aromatic nitrogens is 1. The van der Waals surface area contributed by atoms with E-state index in [9.17, 15) is 0 Å². The highest BCUT2D eigenvalue weighted by molar-refractivity contribution is 5.75. The number of nitrogens with two attached hydrogens (primary N) is 1. The summed E-state index contributed by atoms with van der Waals surface area (Å²) in [4.78, 5) is 6.47. The van der Waals surface area contributed by atoms with Crippen LogP contribution in [0.3, 0.4) is 0 Å². The van der Waals surface area contributed by atoms with Crippen molar-refractivity contribution in [2.45, 2.75) is 27.3 Å². The van der Waals surface area contributed by atoms with Gasteiger partial charge in [0.2, 0.25) is 0 Å². The predicted octanol–water partition coefficient (Wildman–Crippen LogP) is 3.20. The zero-order valence-corrected chi connectivity index (χ0v) is 13.0. The average molecular weight is 269 g/mol. The minimum atomic E-state index is 0.489. The molecule has 106 valence electrons. The highest BCUT2D eigenvalue weighted by Gasteiger charge is 2.14. The molecule has 1 heterocycles. The predicted molar refractivity (Wildman–Crippen MR) is 86.1 cm³/mol. The summed E-state index contributed by atoms with van der Waals surface area (Å²) in [7, 11) is 4.00. The summed E-state index contributed by atoms with van der Waals surface area (Å²) in [6, 6.07) is 6.42. The summed E-state index contributed by atoms with van der Waals surface area (Å²) in [6.07, 6.45) is 1.86. The van der Waals surface area contributed by atoms with Gasteiger partial charge in [-0.3, -0.25) is 0 Å². The van der Waals surface area contributed by atoms with Gasteiger partial charge in [-0.05, 0) is 54.7 Å². The normalized spacial score (nSPS) is 10.7. The molecule has 0 atom stereocenters. The number of benzene rings is 1. The minimum absolute atomic E-state index is 0.489. The van der Waals surface area contributed by atoms with E-state index in [0.717, 1.165) is 11.4 Å². The number of aryl methyl sites for hydroxylation is 1. The van der Waals surface area contributed by atoms with Gasteiger partial charge in [-0.1, -0.05) is 12.1 Å². The topological polar surface area (TPSA) is 42.2 Å². The van der Waals surface area contributed by atoms with Crippen molar-refractivity contribution in [3.8, 4) is 11.1 Å². The van der Waals surface area contributed by atoms with Crippen molar-refractivity contribution in [2.75, 3.05) is 19.0 Å². The second kappa shape index (κ2) is 5.63. The fraction of sp³-hybridized carbons (Fsp3) is 0.353. The molecule has 1 aromatic heterocycles. The van der Waals surface area contributed by atoms with Gasteiger partial charge in [0.15, 0.2) is 0 Å². The van der Waals surface area contributed by atoms with Crippen LogP contribution in [0.1, 0.15) is 22.3 Å². The lowest BCUT2D eigenvalue weighted by atomic mass is 9.92. The van der Waals surface area contributed by atoms with Crippen molar-refractivity contribution in [2.24, 2.45) is 5.73 Å². The van der Waals surface area contributed by atoms with Crippen LogP contribution in [0.25, 0.3) is 11.1 Å². The quantitative estimate of drug-likeness (QED) is 0.930. The van der Waals surface area contributed by atoms with Gasteiger partial charge in [-0.15, -0.1) is 0 Å². The number of pyridine rings is 1. The number of hydrogen-bond donors (Lipinski definition) is 1. The first-order chi connectivity index (χ1) is 9.47. The molecular weight excluding hydrogens is 246 g/mol. The van der Waals surface area contributed by atoms with Gasteiger partial charge in [-0.2, -0.15) is 0 Å². The molecule has 2 aromatic rings. The van der Waals surface area contributed by atoms with Crippen molar-refractivity contribution in [3.63, 3.8) is 0 Å².